The molecule has 0 aliphatic heterocycles. The van der Waals surface area contributed by atoms with Gasteiger partial charge in [-0.15, -0.1) is 0 Å². The number of nitrogens with zero attached hydrogens (tertiary/aromatic N) is 5. The fourth-order valence-corrected chi connectivity index (χ4v) is 5.00. The Morgan fingerprint density at radius 1 is 0.833 bits per heavy atom. The molecule has 0 saturated heterocycles. The Morgan fingerprint density at radius 3 is 2.63 bits per heavy atom. The van der Waals surface area contributed by atoms with Crippen LogP contribution in [0.3, 0.4) is 0 Å². The zero-order chi connectivity index (χ0) is 20.3. The minimum atomic E-state index is -0.0954. The van der Waals surface area contributed by atoms with Crippen molar-refractivity contribution >= 4 is 21.7 Å². The molecule has 144 valence electrons. The molecular weight excluding hydrogens is 390 g/mol. The highest BCUT2D eigenvalue weighted by atomic mass is 32.1. The van der Waals surface area contributed by atoms with Crippen LogP contribution in [-0.4, -0.2) is 24.9 Å². The van der Waals surface area contributed by atoms with Crippen molar-refractivity contribution in [1.82, 2.24) is 24.9 Å². The van der Waals surface area contributed by atoms with E-state index in [1.54, 1.807) is 12.4 Å². The van der Waals surface area contributed by atoms with Crippen LogP contribution in [-0.2, 0) is 5.41 Å². The number of hydrogen-bond donors (Lipinski definition) is 0. The van der Waals surface area contributed by atoms with Gasteiger partial charge in [-0.2, -0.15) is 0 Å². The summed E-state index contributed by atoms with van der Waals surface area (Å²) in [6.07, 6.45) is 5.55. The van der Waals surface area contributed by atoms with Gasteiger partial charge in [0.1, 0.15) is 15.4 Å². The molecule has 4 heterocycles. The molecule has 6 heteroatoms. The lowest BCUT2D eigenvalue weighted by Crippen LogP contribution is -2.15. The minimum absolute atomic E-state index is 0.0954. The molecule has 4 aromatic heterocycles. The summed E-state index contributed by atoms with van der Waals surface area (Å²) >= 11 is 1.54. The summed E-state index contributed by atoms with van der Waals surface area (Å²) in [5.41, 5.74) is 7.19. The van der Waals surface area contributed by atoms with Gasteiger partial charge in [-0.3, -0.25) is 4.98 Å². The van der Waals surface area contributed by atoms with E-state index in [9.17, 15) is 0 Å². The van der Waals surface area contributed by atoms with Crippen molar-refractivity contribution in [1.29, 1.82) is 0 Å². The highest BCUT2D eigenvalue weighted by molar-refractivity contribution is 7.21. The standard InChI is InChI=1S/C24H17N5S/c1-24(2)16-7-4-3-6-15(16)20-17(24)13-27-21(29-20)14-9-11-25-19(12-14)23-28-18-8-5-10-26-22(18)30-23/h3-13H,1-2H3. The minimum Gasteiger partial charge on any atom is -0.254 e. The predicted molar refractivity (Wildman–Crippen MR) is 119 cm³/mol. The quantitative estimate of drug-likeness (QED) is 0.386. The fourth-order valence-electron chi connectivity index (χ4n) is 4.13. The number of hydrogen-bond acceptors (Lipinski definition) is 6. The summed E-state index contributed by atoms with van der Waals surface area (Å²) in [6, 6.07) is 16.3. The van der Waals surface area contributed by atoms with Crippen LogP contribution in [0, 0.1) is 0 Å². The van der Waals surface area contributed by atoms with Crippen molar-refractivity contribution < 1.29 is 0 Å². The molecule has 30 heavy (non-hydrogen) atoms. The third kappa shape index (κ3) is 2.50. The van der Waals surface area contributed by atoms with Crippen LogP contribution in [0.25, 0.3) is 43.7 Å². The van der Waals surface area contributed by atoms with E-state index in [-0.39, 0.29) is 5.41 Å². The first-order chi connectivity index (χ1) is 14.6. The molecule has 0 atom stereocenters. The molecule has 0 bridgehead atoms. The summed E-state index contributed by atoms with van der Waals surface area (Å²) in [4.78, 5) is 24.2. The van der Waals surface area contributed by atoms with Gasteiger partial charge in [-0.05, 0) is 29.8 Å². The van der Waals surface area contributed by atoms with Crippen LogP contribution >= 0.6 is 11.3 Å². The Hall–Kier alpha value is -3.51. The highest BCUT2D eigenvalue weighted by Crippen LogP contribution is 2.47. The van der Waals surface area contributed by atoms with Crippen molar-refractivity contribution in [2.24, 2.45) is 0 Å². The summed E-state index contributed by atoms with van der Waals surface area (Å²) in [5.74, 6) is 0.698. The number of benzene rings is 1. The molecule has 0 unspecified atom stereocenters. The second kappa shape index (κ2) is 6.24. The Balaban J connectivity index is 1.47. The van der Waals surface area contributed by atoms with Crippen molar-refractivity contribution in [3.05, 3.63) is 78.2 Å². The molecule has 0 spiro atoms. The molecule has 0 N–H and O–H groups in total. The van der Waals surface area contributed by atoms with E-state index in [2.05, 4.69) is 53.1 Å². The maximum absolute atomic E-state index is 4.97. The molecule has 0 amide bonds. The summed E-state index contributed by atoms with van der Waals surface area (Å²) < 4.78 is 0. The number of thiazole rings is 1. The van der Waals surface area contributed by atoms with Crippen LogP contribution in [0.2, 0.25) is 0 Å². The van der Waals surface area contributed by atoms with Gasteiger partial charge < -0.3 is 0 Å². The first-order valence-corrected chi connectivity index (χ1v) is 10.6. The van der Waals surface area contributed by atoms with E-state index >= 15 is 0 Å². The lowest BCUT2D eigenvalue weighted by molar-refractivity contribution is 0.655. The van der Waals surface area contributed by atoms with E-state index in [0.29, 0.717) is 5.82 Å². The highest BCUT2D eigenvalue weighted by Gasteiger charge is 2.36. The molecule has 1 aromatic carbocycles. The number of fused-ring (bicyclic) bond motifs is 4. The third-order valence-corrected chi connectivity index (χ3v) is 6.72. The van der Waals surface area contributed by atoms with E-state index in [0.717, 1.165) is 32.3 Å². The van der Waals surface area contributed by atoms with Crippen LogP contribution < -0.4 is 0 Å². The topological polar surface area (TPSA) is 64.5 Å². The zero-order valence-corrected chi connectivity index (χ0v) is 17.3. The second-order valence-electron chi connectivity index (χ2n) is 7.90. The second-order valence-corrected chi connectivity index (χ2v) is 8.88. The van der Waals surface area contributed by atoms with Gasteiger partial charge in [-0.1, -0.05) is 49.4 Å². The van der Waals surface area contributed by atoms with Gasteiger partial charge in [0, 0.05) is 40.7 Å². The van der Waals surface area contributed by atoms with Crippen molar-refractivity contribution in [2.75, 3.05) is 0 Å². The molecule has 0 fully saturated rings. The molecule has 5 aromatic rings. The molecule has 0 radical (unpaired) electrons. The van der Waals surface area contributed by atoms with E-state index in [1.165, 1.54) is 28.0 Å². The Kier molecular flexibility index (Phi) is 3.61. The molecule has 6 rings (SSSR count). The molecule has 5 nitrogen and oxygen atoms in total. The van der Waals surface area contributed by atoms with Gasteiger partial charge in [0.15, 0.2) is 5.82 Å². The largest absolute Gasteiger partial charge is 0.254 e. The van der Waals surface area contributed by atoms with Gasteiger partial charge >= 0.3 is 0 Å². The maximum Gasteiger partial charge on any atom is 0.159 e. The number of aromatic nitrogens is 5. The maximum atomic E-state index is 4.97. The van der Waals surface area contributed by atoms with Crippen molar-refractivity contribution in [2.45, 2.75) is 19.3 Å². The lowest BCUT2D eigenvalue weighted by atomic mass is 9.83. The average molecular weight is 408 g/mol. The van der Waals surface area contributed by atoms with Gasteiger partial charge in [0.2, 0.25) is 0 Å². The van der Waals surface area contributed by atoms with Crippen LogP contribution in [0.1, 0.15) is 25.0 Å². The Labute approximate surface area is 177 Å². The number of rotatable bonds is 2. The van der Waals surface area contributed by atoms with Crippen LogP contribution in [0.4, 0.5) is 0 Å². The fraction of sp³-hybridized carbons (Fsp3) is 0.125. The van der Waals surface area contributed by atoms with E-state index < -0.39 is 0 Å². The third-order valence-electron chi connectivity index (χ3n) is 5.72. The average Bonchev–Trinajstić information content (AvgIpc) is 3.32. The van der Waals surface area contributed by atoms with Gasteiger partial charge in [-0.25, -0.2) is 19.9 Å². The molecule has 1 aliphatic carbocycles. The first-order valence-electron chi connectivity index (χ1n) is 9.77. The lowest BCUT2D eigenvalue weighted by Gasteiger charge is -2.20. The van der Waals surface area contributed by atoms with Crippen LogP contribution in [0.5, 0.6) is 0 Å². The smallest absolute Gasteiger partial charge is 0.159 e. The van der Waals surface area contributed by atoms with E-state index in [4.69, 9.17) is 9.97 Å². The van der Waals surface area contributed by atoms with Crippen molar-refractivity contribution in [3.63, 3.8) is 0 Å². The SMILES string of the molecule is CC1(C)c2ccccc2-c2nc(-c3ccnc(-c4nc5cccnc5s4)c3)ncc21. The van der Waals surface area contributed by atoms with Crippen LogP contribution in [0.15, 0.2) is 67.1 Å². The number of pyridine rings is 2. The van der Waals surface area contributed by atoms with Gasteiger partial charge in [0.25, 0.3) is 0 Å². The Bertz CT molecular complexity index is 1400. The monoisotopic (exact) mass is 407 g/mol. The zero-order valence-electron chi connectivity index (χ0n) is 16.5. The molecule has 1 aliphatic rings. The Morgan fingerprint density at radius 2 is 1.73 bits per heavy atom. The molecular formula is C24H17N5S. The van der Waals surface area contributed by atoms with Crippen molar-refractivity contribution in [3.8, 4) is 33.3 Å². The summed E-state index contributed by atoms with van der Waals surface area (Å²) in [7, 11) is 0. The van der Waals surface area contributed by atoms with E-state index in [1.807, 2.05) is 30.5 Å². The summed E-state index contributed by atoms with van der Waals surface area (Å²) in [6.45, 7) is 4.46. The predicted octanol–water partition coefficient (Wildman–Crippen LogP) is 5.52. The normalized spacial score (nSPS) is 13.9. The first kappa shape index (κ1) is 17.4. The summed E-state index contributed by atoms with van der Waals surface area (Å²) in [5, 5.41) is 0.846. The van der Waals surface area contributed by atoms with Gasteiger partial charge in [0.05, 0.1) is 11.4 Å². The molecule has 0 saturated carbocycles.